The molecule has 2 aromatic rings. The molecule has 0 unspecified atom stereocenters. The third kappa shape index (κ3) is 5.60. The average Bonchev–Trinajstić information content (AvgIpc) is 2.73. The number of rotatable bonds is 5. The van der Waals surface area contributed by atoms with Gasteiger partial charge < -0.3 is 25.0 Å². The Balaban J connectivity index is 0.00000280. The van der Waals surface area contributed by atoms with Crippen LogP contribution in [0.2, 0.25) is 0 Å². The molecule has 2 N–H and O–H groups in total. The second-order valence-corrected chi connectivity index (χ2v) is 6.19. The van der Waals surface area contributed by atoms with Gasteiger partial charge in [-0.3, -0.25) is 0 Å². The Morgan fingerprint density at radius 1 is 1.21 bits per heavy atom. The number of piperazine rings is 1. The summed E-state index contributed by atoms with van der Waals surface area (Å²) in [6.07, 6.45) is 3.53. The normalized spacial score (nSPS) is 14.4. The zero-order chi connectivity index (χ0) is 19.1. The van der Waals surface area contributed by atoms with Gasteiger partial charge in [0.05, 0.1) is 13.7 Å². The van der Waals surface area contributed by atoms with Gasteiger partial charge in [0.15, 0.2) is 5.96 Å². The molecule has 1 aromatic carbocycles. The van der Waals surface area contributed by atoms with Crippen LogP contribution in [-0.2, 0) is 6.54 Å². The van der Waals surface area contributed by atoms with Crippen LogP contribution in [0.4, 0.5) is 5.95 Å². The number of halogens is 1. The van der Waals surface area contributed by atoms with Gasteiger partial charge in [-0.15, -0.1) is 24.0 Å². The summed E-state index contributed by atoms with van der Waals surface area (Å²) in [5, 5.41) is 13.4. The van der Waals surface area contributed by atoms with Gasteiger partial charge in [-0.1, -0.05) is 0 Å². The van der Waals surface area contributed by atoms with E-state index in [1.54, 1.807) is 31.6 Å². The number of guanidine groups is 1. The quantitative estimate of drug-likeness (QED) is 0.371. The van der Waals surface area contributed by atoms with Crippen molar-refractivity contribution in [1.29, 1.82) is 0 Å². The first-order valence-electron chi connectivity index (χ1n) is 9.12. The van der Waals surface area contributed by atoms with Crippen LogP contribution in [-0.4, -0.2) is 65.8 Å². The second-order valence-electron chi connectivity index (χ2n) is 6.19. The Labute approximate surface area is 182 Å². The second kappa shape index (κ2) is 10.9. The molecule has 0 atom stereocenters. The van der Waals surface area contributed by atoms with Crippen LogP contribution in [0.15, 0.2) is 41.7 Å². The highest BCUT2D eigenvalue weighted by Crippen LogP contribution is 2.23. The van der Waals surface area contributed by atoms with Gasteiger partial charge in [-0.2, -0.15) is 0 Å². The number of aliphatic imine (C=N–C) groups is 1. The van der Waals surface area contributed by atoms with E-state index < -0.39 is 0 Å². The summed E-state index contributed by atoms with van der Waals surface area (Å²) in [6, 6.07) is 7.00. The van der Waals surface area contributed by atoms with Crippen molar-refractivity contribution in [2.24, 2.45) is 4.99 Å². The minimum Gasteiger partial charge on any atom is -0.508 e. The van der Waals surface area contributed by atoms with E-state index in [4.69, 9.17) is 9.73 Å². The molecule has 3 rings (SSSR count). The fraction of sp³-hybridized carbons (Fsp3) is 0.421. The van der Waals surface area contributed by atoms with Gasteiger partial charge in [-0.05, 0) is 31.2 Å². The molecule has 1 aromatic heterocycles. The summed E-state index contributed by atoms with van der Waals surface area (Å²) < 4.78 is 5.23. The fourth-order valence-corrected chi connectivity index (χ4v) is 2.97. The smallest absolute Gasteiger partial charge is 0.225 e. The molecular formula is C19H27IN6O2. The zero-order valence-corrected chi connectivity index (χ0v) is 18.5. The molecule has 0 spiro atoms. The monoisotopic (exact) mass is 498 g/mol. The number of hydrogen-bond acceptors (Lipinski definition) is 6. The van der Waals surface area contributed by atoms with Crippen LogP contribution in [0, 0.1) is 0 Å². The maximum absolute atomic E-state index is 10.1. The lowest BCUT2D eigenvalue weighted by atomic mass is 10.2. The molecule has 0 amide bonds. The largest absolute Gasteiger partial charge is 0.508 e. The van der Waals surface area contributed by atoms with Crippen LogP contribution in [0.1, 0.15) is 12.5 Å². The summed E-state index contributed by atoms with van der Waals surface area (Å²) in [5.74, 6) is 2.54. The first-order valence-corrected chi connectivity index (χ1v) is 9.12. The SMILES string of the molecule is CCNC(=NCc1cc(OC)ccc1O)N1CCN(c2ncccn2)CC1.I. The van der Waals surface area contributed by atoms with E-state index in [1.807, 2.05) is 19.1 Å². The summed E-state index contributed by atoms with van der Waals surface area (Å²) in [4.78, 5) is 17.7. The number of anilines is 1. The van der Waals surface area contributed by atoms with Crippen molar-refractivity contribution < 1.29 is 9.84 Å². The van der Waals surface area contributed by atoms with E-state index in [9.17, 15) is 5.11 Å². The van der Waals surface area contributed by atoms with Gasteiger partial charge in [0.25, 0.3) is 0 Å². The first kappa shape index (κ1) is 22.0. The van der Waals surface area contributed by atoms with Crippen molar-refractivity contribution in [1.82, 2.24) is 20.2 Å². The third-order valence-electron chi connectivity index (χ3n) is 4.43. The molecule has 0 saturated carbocycles. The topological polar surface area (TPSA) is 86.1 Å². The van der Waals surface area contributed by atoms with E-state index in [0.29, 0.717) is 12.3 Å². The van der Waals surface area contributed by atoms with E-state index in [2.05, 4.69) is 25.1 Å². The number of nitrogens with zero attached hydrogens (tertiary/aromatic N) is 5. The van der Waals surface area contributed by atoms with Gasteiger partial charge >= 0.3 is 0 Å². The molecule has 152 valence electrons. The van der Waals surface area contributed by atoms with Crippen LogP contribution in [0.3, 0.4) is 0 Å². The molecule has 1 aliphatic heterocycles. The summed E-state index contributed by atoms with van der Waals surface area (Å²) in [5.41, 5.74) is 0.737. The standard InChI is InChI=1S/C19H26N6O2.HI/c1-3-20-18(23-14-15-13-16(27-2)5-6-17(15)26)24-9-11-25(12-10-24)19-21-7-4-8-22-19;/h4-8,13,26H,3,9-12,14H2,1-2H3,(H,20,23);1H. The Hall–Kier alpha value is -2.30. The van der Waals surface area contributed by atoms with E-state index >= 15 is 0 Å². The average molecular weight is 498 g/mol. The molecular weight excluding hydrogens is 471 g/mol. The molecule has 1 saturated heterocycles. The third-order valence-corrected chi connectivity index (χ3v) is 4.43. The van der Waals surface area contributed by atoms with Crippen molar-refractivity contribution in [3.8, 4) is 11.5 Å². The van der Waals surface area contributed by atoms with Crippen LogP contribution >= 0.6 is 24.0 Å². The molecule has 0 aliphatic carbocycles. The number of phenolic OH excluding ortho intramolecular Hbond substituents is 1. The fourth-order valence-electron chi connectivity index (χ4n) is 2.97. The molecule has 2 heterocycles. The number of hydrogen-bond donors (Lipinski definition) is 2. The lowest BCUT2D eigenvalue weighted by Gasteiger charge is -2.36. The van der Waals surface area contributed by atoms with Crippen LogP contribution < -0.4 is 15.0 Å². The Bertz CT molecular complexity index is 766. The zero-order valence-electron chi connectivity index (χ0n) is 16.2. The highest BCUT2D eigenvalue weighted by Gasteiger charge is 2.21. The van der Waals surface area contributed by atoms with Crippen molar-refractivity contribution in [3.63, 3.8) is 0 Å². The van der Waals surface area contributed by atoms with Crippen molar-refractivity contribution >= 4 is 35.9 Å². The lowest BCUT2D eigenvalue weighted by Crippen LogP contribution is -2.52. The lowest BCUT2D eigenvalue weighted by molar-refractivity contribution is 0.370. The number of aromatic nitrogens is 2. The number of nitrogens with one attached hydrogen (secondary N) is 1. The summed E-state index contributed by atoms with van der Waals surface area (Å²) >= 11 is 0. The molecule has 9 heteroatoms. The minimum atomic E-state index is 0. The van der Waals surface area contributed by atoms with Gasteiger partial charge in [0.1, 0.15) is 11.5 Å². The molecule has 28 heavy (non-hydrogen) atoms. The van der Waals surface area contributed by atoms with Crippen LogP contribution in [0.25, 0.3) is 0 Å². The highest BCUT2D eigenvalue weighted by atomic mass is 127. The number of aromatic hydroxyl groups is 1. The van der Waals surface area contributed by atoms with E-state index in [-0.39, 0.29) is 29.7 Å². The predicted molar refractivity (Wildman–Crippen MR) is 121 cm³/mol. The molecule has 0 bridgehead atoms. The number of methoxy groups -OCH3 is 1. The number of benzene rings is 1. The number of ether oxygens (including phenoxy) is 1. The minimum absolute atomic E-state index is 0. The number of phenols is 1. The maximum Gasteiger partial charge on any atom is 0.225 e. The van der Waals surface area contributed by atoms with Crippen molar-refractivity contribution in [2.75, 3.05) is 44.7 Å². The molecule has 1 fully saturated rings. The highest BCUT2D eigenvalue weighted by molar-refractivity contribution is 14.0. The Morgan fingerprint density at radius 3 is 2.57 bits per heavy atom. The summed E-state index contributed by atoms with van der Waals surface area (Å²) in [6.45, 7) is 6.53. The molecule has 1 aliphatic rings. The Kier molecular flexibility index (Phi) is 8.55. The summed E-state index contributed by atoms with van der Waals surface area (Å²) in [7, 11) is 1.61. The van der Waals surface area contributed by atoms with E-state index in [0.717, 1.165) is 50.2 Å². The predicted octanol–water partition coefficient (Wildman–Crippen LogP) is 2.10. The Morgan fingerprint density at radius 2 is 1.93 bits per heavy atom. The molecule has 8 nitrogen and oxygen atoms in total. The molecule has 0 radical (unpaired) electrons. The van der Waals surface area contributed by atoms with Crippen molar-refractivity contribution in [3.05, 3.63) is 42.2 Å². The maximum atomic E-state index is 10.1. The first-order chi connectivity index (χ1) is 13.2. The van der Waals surface area contributed by atoms with Crippen molar-refractivity contribution in [2.45, 2.75) is 13.5 Å². The van der Waals surface area contributed by atoms with E-state index in [1.165, 1.54) is 0 Å². The van der Waals surface area contributed by atoms with Crippen LogP contribution in [0.5, 0.6) is 11.5 Å². The van der Waals surface area contributed by atoms with Gasteiger partial charge in [0.2, 0.25) is 5.95 Å². The van der Waals surface area contributed by atoms with Gasteiger partial charge in [0, 0.05) is 50.7 Å². The van der Waals surface area contributed by atoms with Gasteiger partial charge in [-0.25, -0.2) is 15.0 Å².